The Balaban J connectivity index is 1.31. The van der Waals surface area contributed by atoms with Gasteiger partial charge in [-0.2, -0.15) is 0 Å². The molecule has 1 aliphatic heterocycles. The maximum atomic E-state index is 13.4. The minimum Gasteiger partial charge on any atom is -0.489 e. The van der Waals surface area contributed by atoms with Crippen molar-refractivity contribution < 1.29 is 9.53 Å². The lowest BCUT2D eigenvalue weighted by molar-refractivity contribution is -0.122. The van der Waals surface area contributed by atoms with Crippen LogP contribution in [0.25, 0.3) is 6.08 Å². The van der Waals surface area contributed by atoms with Crippen molar-refractivity contribution in [1.29, 1.82) is 0 Å². The number of ether oxygens (including phenoxy) is 1. The summed E-state index contributed by atoms with van der Waals surface area (Å²) >= 11 is 13.6. The standard InChI is InChI=1S/C31H24Cl2N2O2S/c32-26-14-13-25(28(33)18-26)21-37-27-15-11-22(12-16-27)17-29-30(36)35(20-24-9-5-2-6-10-24)31(38-29)34-19-23-7-3-1-4-8-23/h1-18H,19-21H2/b29-17-,34-31?. The second kappa shape index (κ2) is 12.4. The van der Waals surface area contributed by atoms with Crippen molar-refractivity contribution in [3.05, 3.63) is 140 Å². The van der Waals surface area contributed by atoms with Gasteiger partial charge in [0.15, 0.2) is 5.17 Å². The third-order valence-corrected chi connectivity index (χ3v) is 7.53. The van der Waals surface area contributed by atoms with E-state index in [2.05, 4.69) is 0 Å². The first-order chi connectivity index (χ1) is 18.5. The Kier molecular flexibility index (Phi) is 8.49. The zero-order valence-electron chi connectivity index (χ0n) is 20.4. The second-order valence-corrected chi connectivity index (χ2v) is 10.5. The fourth-order valence-corrected chi connectivity index (χ4v) is 5.32. The number of amidine groups is 1. The summed E-state index contributed by atoms with van der Waals surface area (Å²) in [6.45, 7) is 1.32. The van der Waals surface area contributed by atoms with Crippen molar-refractivity contribution in [2.75, 3.05) is 0 Å². The van der Waals surface area contributed by atoms with E-state index in [0.717, 1.165) is 22.3 Å². The summed E-state index contributed by atoms with van der Waals surface area (Å²) in [7, 11) is 0. The van der Waals surface area contributed by atoms with E-state index in [1.165, 1.54) is 11.8 Å². The Hall–Kier alpha value is -3.51. The molecule has 7 heteroatoms. The number of carbonyl (C=O) groups excluding carboxylic acids is 1. The molecule has 0 bridgehead atoms. The van der Waals surface area contributed by atoms with Crippen LogP contribution in [0.3, 0.4) is 0 Å². The molecule has 4 aromatic rings. The van der Waals surface area contributed by atoms with E-state index in [-0.39, 0.29) is 5.91 Å². The van der Waals surface area contributed by atoms with E-state index in [0.29, 0.717) is 45.6 Å². The molecule has 0 aliphatic carbocycles. The molecule has 1 heterocycles. The summed E-state index contributed by atoms with van der Waals surface area (Å²) in [5.74, 6) is 0.655. The van der Waals surface area contributed by atoms with Gasteiger partial charge in [-0.25, -0.2) is 0 Å². The summed E-state index contributed by atoms with van der Waals surface area (Å²) in [6.07, 6.45) is 1.90. The van der Waals surface area contributed by atoms with E-state index >= 15 is 0 Å². The lowest BCUT2D eigenvalue weighted by Gasteiger charge is -2.15. The van der Waals surface area contributed by atoms with Crippen molar-refractivity contribution >= 4 is 52.1 Å². The van der Waals surface area contributed by atoms with E-state index in [1.54, 1.807) is 17.0 Å². The summed E-state index contributed by atoms with van der Waals surface area (Å²) in [5, 5.41) is 1.86. The predicted molar refractivity (Wildman–Crippen MR) is 157 cm³/mol. The topological polar surface area (TPSA) is 41.9 Å². The predicted octanol–water partition coefficient (Wildman–Crippen LogP) is 8.25. The normalized spacial score (nSPS) is 15.4. The Morgan fingerprint density at radius 2 is 1.53 bits per heavy atom. The van der Waals surface area contributed by atoms with Gasteiger partial charge in [-0.05, 0) is 58.8 Å². The van der Waals surface area contributed by atoms with E-state index in [9.17, 15) is 4.79 Å². The zero-order chi connectivity index (χ0) is 26.3. The molecule has 38 heavy (non-hydrogen) atoms. The third kappa shape index (κ3) is 6.67. The molecule has 1 aliphatic rings. The Bertz CT molecular complexity index is 1470. The quantitative estimate of drug-likeness (QED) is 0.204. The van der Waals surface area contributed by atoms with Gasteiger partial charge in [0.2, 0.25) is 0 Å². The average molecular weight is 560 g/mol. The fraction of sp³-hybridized carbons (Fsp3) is 0.0968. The minimum atomic E-state index is -0.0524. The highest BCUT2D eigenvalue weighted by Gasteiger charge is 2.33. The van der Waals surface area contributed by atoms with Crippen LogP contribution in [0.2, 0.25) is 10.0 Å². The van der Waals surface area contributed by atoms with Crippen LogP contribution in [0, 0.1) is 0 Å². The Labute approximate surface area is 236 Å². The summed E-state index contributed by atoms with van der Waals surface area (Å²) in [4.78, 5) is 20.6. The highest BCUT2D eigenvalue weighted by atomic mass is 35.5. The Morgan fingerprint density at radius 3 is 2.21 bits per heavy atom. The van der Waals surface area contributed by atoms with Crippen molar-refractivity contribution in [3.8, 4) is 5.75 Å². The summed E-state index contributed by atoms with van der Waals surface area (Å²) in [5.41, 5.74) is 3.91. The van der Waals surface area contributed by atoms with Crippen molar-refractivity contribution in [1.82, 2.24) is 4.90 Å². The highest BCUT2D eigenvalue weighted by Crippen LogP contribution is 2.34. The van der Waals surface area contributed by atoms with Crippen molar-refractivity contribution in [3.63, 3.8) is 0 Å². The highest BCUT2D eigenvalue weighted by molar-refractivity contribution is 8.18. The lowest BCUT2D eigenvalue weighted by Crippen LogP contribution is -2.28. The number of nitrogens with zero attached hydrogens (tertiary/aromatic N) is 2. The van der Waals surface area contributed by atoms with Gasteiger partial charge in [0, 0.05) is 15.6 Å². The molecular weight excluding hydrogens is 535 g/mol. The zero-order valence-corrected chi connectivity index (χ0v) is 22.7. The van der Waals surface area contributed by atoms with Crippen LogP contribution in [-0.2, 0) is 24.5 Å². The Morgan fingerprint density at radius 1 is 0.842 bits per heavy atom. The van der Waals surface area contributed by atoms with Gasteiger partial charge in [0.1, 0.15) is 12.4 Å². The monoisotopic (exact) mass is 558 g/mol. The number of benzene rings is 4. The maximum Gasteiger partial charge on any atom is 0.267 e. The van der Waals surface area contributed by atoms with Crippen LogP contribution in [0.4, 0.5) is 0 Å². The van der Waals surface area contributed by atoms with Crippen LogP contribution in [0.5, 0.6) is 5.75 Å². The number of hydrogen-bond donors (Lipinski definition) is 0. The molecule has 5 rings (SSSR count). The van der Waals surface area contributed by atoms with Crippen molar-refractivity contribution in [2.45, 2.75) is 19.7 Å². The SMILES string of the molecule is O=C1/C(=C/c2ccc(OCc3ccc(Cl)cc3Cl)cc2)SC(=NCc2ccccc2)N1Cc1ccccc1. The number of hydrogen-bond acceptors (Lipinski definition) is 4. The van der Waals surface area contributed by atoms with Gasteiger partial charge in [0.05, 0.1) is 18.0 Å². The number of halogens is 2. The number of rotatable bonds is 8. The molecule has 0 spiro atoms. The van der Waals surface area contributed by atoms with Gasteiger partial charge >= 0.3 is 0 Å². The van der Waals surface area contributed by atoms with Crippen LogP contribution in [-0.4, -0.2) is 16.0 Å². The molecule has 0 radical (unpaired) electrons. The van der Waals surface area contributed by atoms with Gasteiger partial charge in [-0.3, -0.25) is 14.7 Å². The number of thioether (sulfide) groups is 1. The molecule has 4 nitrogen and oxygen atoms in total. The molecule has 0 N–H and O–H groups in total. The van der Waals surface area contributed by atoms with E-state index in [1.807, 2.05) is 97.1 Å². The largest absolute Gasteiger partial charge is 0.489 e. The minimum absolute atomic E-state index is 0.0524. The first kappa shape index (κ1) is 26.1. The van der Waals surface area contributed by atoms with E-state index < -0.39 is 0 Å². The molecule has 1 saturated heterocycles. The van der Waals surface area contributed by atoms with Crippen LogP contribution in [0.1, 0.15) is 22.3 Å². The average Bonchev–Trinajstić information content (AvgIpc) is 3.22. The lowest BCUT2D eigenvalue weighted by atomic mass is 10.2. The molecule has 1 fully saturated rings. The summed E-state index contributed by atoms with van der Waals surface area (Å²) < 4.78 is 5.89. The van der Waals surface area contributed by atoms with Gasteiger partial charge in [-0.1, -0.05) is 102 Å². The number of aliphatic imine (C=N–C) groups is 1. The third-order valence-electron chi connectivity index (χ3n) is 5.90. The van der Waals surface area contributed by atoms with Gasteiger partial charge < -0.3 is 4.74 Å². The number of carbonyl (C=O) groups is 1. The first-order valence-corrected chi connectivity index (χ1v) is 13.6. The van der Waals surface area contributed by atoms with Crippen LogP contribution < -0.4 is 4.74 Å². The molecule has 0 aromatic heterocycles. The molecular formula is C31H24Cl2N2O2S. The second-order valence-electron chi connectivity index (χ2n) is 8.67. The smallest absolute Gasteiger partial charge is 0.267 e. The van der Waals surface area contributed by atoms with Crippen LogP contribution in [0.15, 0.2) is 113 Å². The number of amides is 1. The van der Waals surface area contributed by atoms with Gasteiger partial charge in [0.25, 0.3) is 5.91 Å². The van der Waals surface area contributed by atoms with E-state index in [4.69, 9.17) is 32.9 Å². The van der Waals surface area contributed by atoms with Crippen molar-refractivity contribution in [2.24, 2.45) is 4.99 Å². The maximum absolute atomic E-state index is 13.4. The first-order valence-electron chi connectivity index (χ1n) is 12.1. The van der Waals surface area contributed by atoms with Crippen LogP contribution >= 0.6 is 35.0 Å². The molecule has 190 valence electrons. The molecule has 0 atom stereocenters. The molecule has 4 aromatic carbocycles. The fourth-order valence-electron chi connectivity index (χ4n) is 3.89. The molecule has 1 amide bonds. The molecule has 0 unspecified atom stereocenters. The van der Waals surface area contributed by atoms with Gasteiger partial charge in [-0.15, -0.1) is 0 Å². The molecule has 0 saturated carbocycles. The summed E-state index contributed by atoms with van der Waals surface area (Å²) in [6, 6.07) is 33.0.